The predicted molar refractivity (Wildman–Crippen MR) is 121 cm³/mol. The minimum Gasteiger partial charge on any atom is -0.356 e. The molecule has 0 radical (unpaired) electrons. The van der Waals surface area contributed by atoms with Crippen LogP contribution in [0.1, 0.15) is 36.2 Å². The average molecular weight is 424 g/mol. The van der Waals surface area contributed by atoms with Crippen LogP contribution in [0.5, 0.6) is 0 Å². The summed E-state index contributed by atoms with van der Waals surface area (Å²) in [5.41, 5.74) is 3.62. The van der Waals surface area contributed by atoms with Crippen molar-refractivity contribution >= 4 is 22.4 Å². The molecule has 1 amide bonds. The van der Waals surface area contributed by atoms with Crippen molar-refractivity contribution in [2.24, 2.45) is 5.92 Å². The van der Waals surface area contributed by atoms with Crippen LogP contribution in [0.4, 0.5) is 5.13 Å². The molecule has 0 aliphatic carbocycles. The molecule has 1 fully saturated rings. The number of carbonyl (C=O) groups excluding carboxylic acids is 1. The highest BCUT2D eigenvalue weighted by atomic mass is 32.1. The van der Waals surface area contributed by atoms with Gasteiger partial charge in [-0.1, -0.05) is 41.7 Å². The van der Waals surface area contributed by atoms with Crippen molar-refractivity contribution in [2.75, 3.05) is 24.5 Å². The number of amides is 1. The minimum absolute atomic E-state index is 0.0119. The molecule has 30 heavy (non-hydrogen) atoms. The van der Waals surface area contributed by atoms with Crippen LogP contribution in [-0.4, -0.2) is 40.3 Å². The van der Waals surface area contributed by atoms with E-state index in [1.54, 1.807) is 11.3 Å². The van der Waals surface area contributed by atoms with Crippen molar-refractivity contribution in [1.29, 1.82) is 0 Å². The zero-order valence-electron chi connectivity index (χ0n) is 17.7. The predicted octanol–water partition coefficient (Wildman–Crippen LogP) is 3.91. The van der Waals surface area contributed by atoms with E-state index < -0.39 is 0 Å². The van der Waals surface area contributed by atoms with Crippen molar-refractivity contribution in [3.63, 3.8) is 0 Å². The molecule has 158 valence electrons. The number of piperidine rings is 1. The van der Waals surface area contributed by atoms with Gasteiger partial charge in [-0.15, -0.1) is 10.2 Å². The SMILES string of the molecule is Cc1ccc(C)n1-c1nnc(N2CCC[C@@H](C(=O)NCCCc3ccccc3)C2)s1. The Balaban J connectivity index is 1.30. The normalized spacial score (nSPS) is 16.6. The number of nitrogens with zero attached hydrogens (tertiary/aromatic N) is 4. The van der Waals surface area contributed by atoms with E-state index in [4.69, 9.17) is 0 Å². The first-order valence-corrected chi connectivity index (χ1v) is 11.5. The number of aromatic nitrogens is 3. The van der Waals surface area contributed by atoms with Gasteiger partial charge in [-0.25, -0.2) is 0 Å². The highest BCUT2D eigenvalue weighted by Crippen LogP contribution is 2.29. The van der Waals surface area contributed by atoms with Gasteiger partial charge in [0.15, 0.2) is 0 Å². The maximum atomic E-state index is 12.7. The fraction of sp³-hybridized carbons (Fsp3) is 0.435. The van der Waals surface area contributed by atoms with Crippen LogP contribution in [0, 0.1) is 19.8 Å². The Hall–Kier alpha value is -2.67. The van der Waals surface area contributed by atoms with Gasteiger partial charge in [-0.05, 0) is 57.2 Å². The van der Waals surface area contributed by atoms with Gasteiger partial charge < -0.3 is 10.2 Å². The maximum Gasteiger partial charge on any atom is 0.224 e. The third-order valence-corrected chi connectivity index (χ3v) is 6.68. The van der Waals surface area contributed by atoms with Crippen molar-refractivity contribution in [3.05, 3.63) is 59.4 Å². The molecule has 0 unspecified atom stereocenters. The molecular weight excluding hydrogens is 394 g/mol. The molecule has 3 aromatic rings. The van der Waals surface area contributed by atoms with Gasteiger partial charge in [-0.3, -0.25) is 9.36 Å². The topological polar surface area (TPSA) is 63.1 Å². The van der Waals surface area contributed by atoms with E-state index in [0.29, 0.717) is 6.54 Å². The van der Waals surface area contributed by atoms with Crippen molar-refractivity contribution in [2.45, 2.75) is 39.5 Å². The quantitative estimate of drug-likeness (QED) is 0.585. The zero-order chi connectivity index (χ0) is 20.9. The second-order valence-electron chi connectivity index (χ2n) is 7.98. The molecule has 1 aliphatic rings. The smallest absolute Gasteiger partial charge is 0.224 e. The Labute approximate surface area is 181 Å². The molecule has 1 atom stereocenters. The summed E-state index contributed by atoms with van der Waals surface area (Å²) in [7, 11) is 0. The maximum absolute atomic E-state index is 12.7. The lowest BCUT2D eigenvalue weighted by Crippen LogP contribution is -2.43. The van der Waals surface area contributed by atoms with Crippen LogP contribution >= 0.6 is 11.3 Å². The van der Waals surface area contributed by atoms with E-state index in [-0.39, 0.29) is 11.8 Å². The number of anilines is 1. The van der Waals surface area contributed by atoms with Gasteiger partial charge in [0.05, 0.1) is 5.92 Å². The van der Waals surface area contributed by atoms with Crippen LogP contribution in [0.2, 0.25) is 0 Å². The summed E-state index contributed by atoms with van der Waals surface area (Å²) < 4.78 is 2.13. The van der Waals surface area contributed by atoms with Gasteiger partial charge in [0.25, 0.3) is 0 Å². The first kappa shape index (κ1) is 20.6. The first-order chi connectivity index (χ1) is 14.6. The van der Waals surface area contributed by atoms with Crippen LogP contribution in [-0.2, 0) is 11.2 Å². The second kappa shape index (κ2) is 9.43. The summed E-state index contributed by atoms with van der Waals surface area (Å²) in [6, 6.07) is 14.6. The van der Waals surface area contributed by atoms with E-state index in [1.165, 1.54) is 5.56 Å². The summed E-state index contributed by atoms with van der Waals surface area (Å²) in [6.45, 7) is 6.51. The fourth-order valence-corrected chi connectivity index (χ4v) is 5.06. The Morgan fingerprint density at radius 2 is 1.83 bits per heavy atom. The lowest BCUT2D eigenvalue weighted by Gasteiger charge is -2.31. The Kier molecular flexibility index (Phi) is 6.47. The van der Waals surface area contributed by atoms with Gasteiger partial charge in [0.2, 0.25) is 16.2 Å². The van der Waals surface area contributed by atoms with E-state index in [9.17, 15) is 4.79 Å². The number of hydrogen-bond acceptors (Lipinski definition) is 5. The molecule has 6 nitrogen and oxygen atoms in total. The number of hydrogen-bond donors (Lipinski definition) is 1. The number of rotatable bonds is 7. The summed E-state index contributed by atoms with van der Waals surface area (Å²) in [5.74, 6) is 0.174. The Morgan fingerprint density at radius 3 is 2.60 bits per heavy atom. The van der Waals surface area contributed by atoms with Crippen molar-refractivity contribution < 1.29 is 4.79 Å². The van der Waals surface area contributed by atoms with E-state index in [1.807, 2.05) is 6.07 Å². The molecule has 0 spiro atoms. The summed E-state index contributed by atoms with van der Waals surface area (Å²) >= 11 is 1.59. The van der Waals surface area contributed by atoms with E-state index in [0.717, 1.165) is 60.4 Å². The molecule has 3 heterocycles. The molecule has 0 bridgehead atoms. The number of nitrogens with one attached hydrogen (secondary N) is 1. The van der Waals surface area contributed by atoms with Crippen LogP contribution in [0.25, 0.3) is 5.13 Å². The van der Waals surface area contributed by atoms with Gasteiger partial charge in [-0.2, -0.15) is 0 Å². The van der Waals surface area contributed by atoms with Gasteiger partial charge in [0, 0.05) is 31.0 Å². The second-order valence-corrected chi connectivity index (χ2v) is 8.92. The molecule has 1 aliphatic heterocycles. The Morgan fingerprint density at radius 1 is 1.10 bits per heavy atom. The zero-order valence-corrected chi connectivity index (χ0v) is 18.5. The molecule has 2 aromatic heterocycles. The fourth-order valence-electron chi connectivity index (χ4n) is 4.05. The highest BCUT2D eigenvalue weighted by molar-refractivity contribution is 7.17. The van der Waals surface area contributed by atoms with Gasteiger partial charge in [0.1, 0.15) is 0 Å². The molecular formula is C23H29N5OS. The lowest BCUT2D eigenvalue weighted by atomic mass is 9.97. The van der Waals surface area contributed by atoms with Crippen molar-refractivity contribution in [3.8, 4) is 5.13 Å². The minimum atomic E-state index is 0.0119. The first-order valence-electron chi connectivity index (χ1n) is 10.7. The molecule has 1 N–H and O–H groups in total. The van der Waals surface area contributed by atoms with Crippen LogP contribution in [0.15, 0.2) is 42.5 Å². The highest BCUT2D eigenvalue weighted by Gasteiger charge is 2.27. The molecule has 1 aromatic carbocycles. The van der Waals surface area contributed by atoms with E-state index >= 15 is 0 Å². The summed E-state index contributed by atoms with van der Waals surface area (Å²) in [5, 5.41) is 13.8. The number of carbonyl (C=O) groups is 1. The third kappa shape index (κ3) is 4.73. The molecule has 1 saturated heterocycles. The monoisotopic (exact) mass is 423 g/mol. The lowest BCUT2D eigenvalue weighted by molar-refractivity contribution is -0.125. The van der Waals surface area contributed by atoms with Crippen molar-refractivity contribution in [1.82, 2.24) is 20.1 Å². The van der Waals surface area contributed by atoms with E-state index in [2.05, 4.69) is 75.2 Å². The standard InChI is InChI=1S/C23H29N5OS/c1-17-12-13-18(2)28(17)23-26-25-22(30-23)27-15-7-11-20(16-27)21(29)24-14-6-10-19-8-4-3-5-9-19/h3-5,8-9,12-13,20H,6-7,10-11,14-16H2,1-2H3,(H,24,29)/t20-/m1/s1. The van der Waals surface area contributed by atoms with Crippen LogP contribution in [0.3, 0.4) is 0 Å². The summed E-state index contributed by atoms with van der Waals surface area (Å²) in [4.78, 5) is 14.9. The third-order valence-electron chi connectivity index (χ3n) is 5.71. The molecule has 7 heteroatoms. The Bertz CT molecular complexity index is 961. The van der Waals surface area contributed by atoms with Crippen LogP contribution < -0.4 is 10.2 Å². The molecule has 0 saturated carbocycles. The average Bonchev–Trinajstić information content (AvgIpc) is 3.38. The number of benzene rings is 1. The largest absolute Gasteiger partial charge is 0.356 e. The molecule has 4 rings (SSSR count). The van der Waals surface area contributed by atoms with Gasteiger partial charge >= 0.3 is 0 Å². The summed E-state index contributed by atoms with van der Waals surface area (Å²) in [6.07, 6.45) is 3.88. The number of aryl methyl sites for hydroxylation is 3.